The summed E-state index contributed by atoms with van der Waals surface area (Å²) in [6.07, 6.45) is 2.42. The van der Waals surface area contributed by atoms with Crippen molar-refractivity contribution in [3.8, 4) is 11.5 Å². The van der Waals surface area contributed by atoms with Crippen LogP contribution in [0.1, 0.15) is 36.3 Å². The van der Waals surface area contributed by atoms with Crippen LogP contribution < -0.4 is 9.47 Å². The molecule has 4 nitrogen and oxygen atoms in total. The number of methoxy groups -OCH3 is 2. The molecule has 144 valence electrons. The second-order valence-corrected chi connectivity index (χ2v) is 7.95. The summed E-state index contributed by atoms with van der Waals surface area (Å²) in [4.78, 5) is 2.43. The first-order chi connectivity index (χ1) is 13.1. The molecule has 0 unspecified atom stereocenters. The lowest BCUT2D eigenvalue weighted by atomic mass is 9.57. The standard InChI is InChI=1S/C23H29NO3/c1-24-12-11-23(17-9-10-20(26-2)21(13-17)27-3)19(14-18(25)15-22(23)24)16-7-5-4-6-8-16/h4-10,13,18-19,22,25H,11-12,14-15H2,1-3H3/t18-,19-,22+,23+/m1/s1. The van der Waals surface area contributed by atoms with E-state index in [-0.39, 0.29) is 17.4 Å². The second-order valence-electron chi connectivity index (χ2n) is 7.95. The topological polar surface area (TPSA) is 41.9 Å². The maximum atomic E-state index is 10.7. The average molecular weight is 367 g/mol. The monoisotopic (exact) mass is 367 g/mol. The number of aliphatic hydroxyl groups excluding tert-OH is 1. The number of aliphatic hydroxyl groups is 1. The van der Waals surface area contributed by atoms with Crippen molar-refractivity contribution < 1.29 is 14.6 Å². The van der Waals surface area contributed by atoms with E-state index in [2.05, 4.69) is 54.4 Å². The Morgan fingerprint density at radius 2 is 1.74 bits per heavy atom. The highest BCUT2D eigenvalue weighted by Gasteiger charge is 2.56. The maximum absolute atomic E-state index is 10.7. The molecule has 4 atom stereocenters. The van der Waals surface area contributed by atoms with Gasteiger partial charge in [0.05, 0.1) is 20.3 Å². The van der Waals surface area contributed by atoms with Crippen molar-refractivity contribution in [1.82, 2.24) is 4.90 Å². The van der Waals surface area contributed by atoms with E-state index in [9.17, 15) is 5.11 Å². The summed E-state index contributed by atoms with van der Waals surface area (Å²) in [5.41, 5.74) is 2.57. The third-order valence-electron chi connectivity index (χ3n) is 6.75. The van der Waals surface area contributed by atoms with Crippen molar-refractivity contribution in [3.05, 3.63) is 59.7 Å². The van der Waals surface area contributed by atoms with E-state index < -0.39 is 0 Å². The minimum atomic E-state index is -0.269. The molecular weight excluding hydrogens is 338 g/mol. The van der Waals surface area contributed by atoms with Crippen molar-refractivity contribution in [2.24, 2.45) is 0 Å². The van der Waals surface area contributed by atoms with Crippen LogP contribution in [0.2, 0.25) is 0 Å². The Hall–Kier alpha value is -2.04. The van der Waals surface area contributed by atoms with E-state index in [4.69, 9.17) is 9.47 Å². The van der Waals surface area contributed by atoms with Crippen LogP contribution in [0.15, 0.2) is 48.5 Å². The number of rotatable bonds is 4. The molecule has 1 N–H and O–H groups in total. The fourth-order valence-corrected chi connectivity index (χ4v) is 5.49. The van der Waals surface area contributed by atoms with Crippen molar-refractivity contribution >= 4 is 0 Å². The molecule has 0 aromatic heterocycles. The summed E-state index contributed by atoms with van der Waals surface area (Å²) in [5, 5.41) is 10.7. The van der Waals surface area contributed by atoms with Gasteiger partial charge in [0.1, 0.15) is 0 Å². The molecule has 4 rings (SSSR count). The normalized spacial score (nSPS) is 30.7. The summed E-state index contributed by atoms with van der Waals surface area (Å²) in [5.74, 6) is 1.80. The Bertz CT molecular complexity index is 793. The van der Waals surface area contributed by atoms with Crippen LogP contribution in [0, 0.1) is 0 Å². The molecule has 0 radical (unpaired) electrons. The first-order valence-corrected chi connectivity index (χ1v) is 9.76. The summed E-state index contributed by atoms with van der Waals surface area (Å²) < 4.78 is 11.1. The first kappa shape index (κ1) is 18.3. The molecule has 1 saturated carbocycles. The van der Waals surface area contributed by atoms with E-state index >= 15 is 0 Å². The predicted octanol–water partition coefficient (Wildman–Crippen LogP) is 3.58. The van der Waals surface area contributed by atoms with Gasteiger partial charge < -0.3 is 19.5 Å². The molecule has 4 heteroatoms. The summed E-state index contributed by atoms with van der Waals surface area (Å²) >= 11 is 0. The van der Waals surface area contributed by atoms with Crippen molar-refractivity contribution in [3.63, 3.8) is 0 Å². The molecule has 2 aromatic rings. The zero-order valence-electron chi connectivity index (χ0n) is 16.4. The number of likely N-dealkylation sites (N-methyl/N-ethyl adjacent to an activating group) is 1. The third-order valence-corrected chi connectivity index (χ3v) is 6.75. The SMILES string of the molecule is COc1ccc([C@]23CCN(C)[C@H]2C[C@H](O)C[C@@H]3c2ccccc2)cc1OC. The number of likely N-dealkylation sites (tertiary alicyclic amines) is 1. The van der Waals surface area contributed by atoms with Gasteiger partial charge >= 0.3 is 0 Å². The fourth-order valence-electron chi connectivity index (χ4n) is 5.49. The lowest BCUT2D eigenvalue weighted by Gasteiger charge is -2.49. The van der Waals surface area contributed by atoms with Crippen LogP contribution in [0.4, 0.5) is 0 Å². The van der Waals surface area contributed by atoms with Gasteiger partial charge in [-0.05, 0) is 62.0 Å². The molecule has 2 fully saturated rings. The molecule has 0 bridgehead atoms. The molecule has 0 amide bonds. The number of ether oxygens (including phenoxy) is 2. The number of benzene rings is 2. The van der Waals surface area contributed by atoms with Gasteiger partial charge in [-0.15, -0.1) is 0 Å². The van der Waals surface area contributed by atoms with E-state index in [1.807, 2.05) is 6.07 Å². The Morgan fingerprint density at radius 3 is 2.44 bits per heavy atom. The van der Waals surface area contributed by atoms with E-state index in [1.54, 1.807) is 14.2 Å². The number of hydrogen-bond acceptors (Lipinski definition) is 4. The Kier molecular flexibility index (Phi) is 4.87. The number of nitrogens with zero attached hydrogens (tertiary/aromatic N) is 1. The van der Waals surface area contributed by atoms with Crippen LogP contribution in [0.5, 0.6) is 11.5 Å². The fraction of sp³-hybridized carbons (Fsp3) is 0.478. The van der Waals surface area contributed by atoms with Gasteiger partial charge in [-0.2, -0.15) is 0 Å². The van der Waals surface area contributed by atoms with E-state index in [1.165, 1.54) is 11.1 Å². The average Bonchev–Trinajstić information content (AvgIpc) is 3.05. The lowest BCUT2D eigenvalue weighted by molar-refractivity contribution is 0.0412. The molecule has 1 heterocycles. The van der Waals surface area contributed by atoms with E-state index in [0.29, 0.717) is 6.04 Å². The largest absolute Gasteiger partial charge is 0.493 e. The van der Waals surface area contributed by atoms with Gasteiger partial charge in [-0.3, -0.25) is 0 Å². The smallest absolute Gasteiger partial charge is 0.161 e. The third kappa shape index (κ3) is 2.91. The van der Waals surface area contributed by atoms with Crippen LogP contribution in [0.25, 0.3) is 0 Å². The molecular formula is C23H29NO3. The highest BCUT2D eigenvalue weighted by molar-refractivity contribution is 5.48. The molecule has 2 aliphatic rings. The minimum Gasteiger partial charge on any atom is -0.493 e. The Labute approximate surface area is 161 Å². The van der Waals surface area contributed by atoms with Crippen molar-refractivity contribution in [2.45, 2.75) is 42.7 Å². The summed E-state index contributed by atoms with van der Waals surface area (Å²) in [6, 6.07) is 17.4. The number of fused-ring (bicyclic) bond motifs is 1. The Morgan fingerprint density at radius 1 is 1.00 bits per heavy atom. The zero-order chi connectivity index (χ0) is 19.0. The quantitative estimate of drug-likeness (QED) is 0.897. The van der Waals surface area contributed by atoms with Gasteiger partial charge in [0.15, 0.2) is 11.5 Å². The van der Waals surface area contributed by atoms with Gasteiger partial charge in [0.2, 0.25) is 0 Å². The molecule has 1 saturated heterocycles. The highest BCUT2D eigenvalue weighted by atomic mass is 16.5. The molecule has 1 aliphatic carbocycles. The highest BCUT2D eigenvalue weighted by Crippen LogP contribution is 2.56. The van der Waals surface area contributed by atoms with Crippen LogP contribution in [-0.2, 0) is 5.41 Å². The molecule has 2 aromatic carbocycles. The molecule has 0 spiro atoms. The first-order valence-electron chi connectivity index (χ1n) is 9.76. The van der Waals surface area contributed by atoms with Crippen molar-refractivity contribution in [1.29, 1.82) is 0 Å². The maximum Gasteiger partial charge on any atom is 0.161 e. The van der Waals surface area contributed by atoms with Crippen molar-refractivity contribution in [2.75, 3.05) is 27.8 Å². The van der Waals surface area contributed by atoms with Gasteiger partial charge in [0, 0.05) is 11.5 Å². The summed E-state index contributed by atoms with van der Waals surface area (Å²) in [6.45, 7) is 1.04. The van der Waals surface area contributed by atoms with Crippen LogP contribution in [-0.4, -0.2) is 50.0 Å². The van der Waals surface area contributed by atoms with Gasteiger partial charge in [-0.25, -0.2) is 0 Å². The van der Waals surface area contributed by atoms with Crippen LogP contribution in [0.3, 0.4) is 0 Å². The number of hydrogen-bond donors (Lipinski definition) is 1. The van der Waals surface area contributed by atoms with E-state index in [0.717, 1.165) is 37.3 Å². The van der Waals surface area contributed by atoms with Gasteiger partial charge in [0.25, 0.3) is 0 Å². The van der Waals surface area contributed by atoms with Crippen LogP contribution >= 0.6 is 0 Å². The predicted molar refractivity (Wildman–Crippen MR) is 107 cm³/mol. The minimum absolute atomic E-state index is 0.0329. The lowest BCUT2D eigenvalue weighted by Crippen LogP contribution is -2.51. The second kappa shape index (κ2) is 7.17. The summed E-state index contributed by atoms with van der Waals surface area (Å²) in [7, 11) is 5.55. The zero-order valence-corrected chi connectivity index (χ0v) is 16.4. The van der Waals surface area contributed by atoms with Gasteiger partial charge in [-0.1, -0.05) is 36.4 Å². The molecule has 1 aliphatic heterocycles. The Balaban J connectivity index is 1.88. The molecule has 27 heavy (non-hydrogen) atoms.